The maximum atomic E-state index is 9.63. The Hall–Kier alpha value is -0.230. The number of hydrogen-bond acceptors (Lipinski definition) is 3. The summed E-state index contributed by atoms with van der Waals surface area (Å²) in [5.41, 5.74) is 7.30. The Labute approximate surface area is 132 Å². The van der Waals surface area contributed by atoms with E-state index >= 15 is 0 Å². The Kier molecular flexibility index (Phi) is 5.40. The molecule has 0 aromatic carbocycles. The van der Waals surface area contributed by atoms with E-state index < -0.39 is 23.6 Å². The molecule has 20 heavy (non-hydrogen) atoms. The van der Waals surface area contributed by atoms with Gasteiger partial charge in [0.15, 0.2) is 0 Å². The summed E-state index contributed by atoms with van der Waals surface area (Å²) in [6.45, 7) is 0. The fourth-order valence-electron chi connectivity index (χ4n) is 2.30. The number of aliphatic hydroxyl groups is 2. The number of alkyl halides is 2. The van der Waals surface area contributed by atoms with Crippen molar-refractivity contribution in [1.29, 1.82) is 0 Å². The van der Waals surface area contributed by atoms with E-state index in [2.05, 4.69) is 5.32 Å². The minimum Gasteiger partial charge on any atom is -0.671 e. The Balaban J connectivity index is 2.06. The first-order chi connectivity index (χ1) is 9.40. The van der Waals surface area contributed by atoms with Crippen molar-refractivity contribution in [2.24, 2.45) is 5.92 Å². The molecule has 6 unspecified atom stereocenters. The van der Waals surface area contributed by atoms with Crippen LogP contribution in [-0.4, -0.2) is 39.3 Å². The number of allylic oxidation sites excluding steroid dienone is 1. The van der Waals surface area contributed by atoms with Gasteiger partial charge in [0.2, 0.25) is 0 Å². The lowest BCUT2D eigenvalue weighted by Crippen LogP contribution is -2.47. The minimum absolute atomic E-state index is 0.0651. The smallest absolute Gasteiger partial charge is 0.130 e. The Morgan fingerprint density at radius 2 is 2.05 bits per heavy atom. The predicted molar refractivity (Wildman–Crippen MR) is 82.2 cm³/mol. The largest absolute Gasteiger partial charge is 0.671 e. The molecular formula is C13H16Cl3N2O2-. The molecule has 0 spiro atoms. The van der Waals surface area contributed by atoms with Crippen LogP contribution in [0.3, 0.4) is 0 Å². The number of rotatable bonds is 3. The third kappa shape index (κ3) is 3.50. The summed E-state index contributed by atoms with van der Waals surface area (Å²) < 4.78 is 0. The van der Waals surface area contributed by atoms with E-state index in [1.54, 1.807) is 18.2 Å². The summed E-state index contributed by atoms with van der Waals surface area (Å²) in [6, 6.07) is -0.854. The van der Waals surface area contributed by atoms with Crippen LogP contribution in [0.4, 0.5) is 0 Å². The molecule has 0 saturated carbocycles. The molecule has 2 rings (SSSR count). The molecule has 0 saturated heterocycles. The second-order valence-electron chi connectivity index (χ2n) is 4.94. The molecule has 0 fully saturated rings. The molecule has 6 atom stereocenters. The van der Waals surface area contributed by atoms with Gasteiger partial charge in [-0.2, -0.15) is 0 Å². The second-order valence-corrected chi connectivity index (χ2v) is 6.38. The Morgan fingerprint density at radius 3 is 2.70 bits per heavy atom. The summed E-state index contributed by atoms with van der Waals surface area (Å²) in [7, 11) is 0. The van der Waals surface area contributed by atoms with Crippen LogP contribution in [-0.2, 0) is 0 Å². The zero-order valence-corrected chi connectivity index (χ0v) is 12.8. The number of halogens is 3. The van der Waals surface area contributed by atoms with Gasteiger partial charge in [-0.05, 0) is 12.5 Å². The van der Waals surface area contributed by atoms with Crippen LogP contribution in [0.2, 0.25) is 0 Å². The molecule has 7 heteroatoms. The molecule has 0 aromatic heterocycles. The van der Waals surface area contributed by atoms with Crippen molar-refractivity contribution in [1.82, 2.24) is 5.32 Å². The van der Waals surface area contributed by atoms with Crippen LogP contribution < -0.4 is 5.32 Å². The zero-order valence-electron chi connectivity index (χ0n) is 10.5. The van der Waals surface area contributed by atoms with Crippen molar-refractivity contribution in [3.05, 3.63) is 40.8 Å². The molecule has 112 valence electrons. The average molecular weight is 339 g/mol. The first-order valence-electron chi connectivity index (χ1n) is 6.28. The van der Waals surface area contributed by atoms with Gasteiger partial charge in [-0.1, -0.05) is 29.8 Å². The highest BCUT2D eigenvalue weighted by molar-refractivity contribution is 6.31. The summed E-state index contributed by atoms with van der Waals surface area (Å²) >= 11 is 18.5. The molecule has 2 aliphatic rings. The lowest BCUT2D eigenvalue weighted by Gasteiger charge is -2.37. The van der Waals surface area contributed by atoms with Crippen LogP contribution in [0.5, 0.6) is 0 Å². The molecule has 0 amide bonds. The van der Waals surface area contributed by atoms with Crippen molar-refractivity contribution in [2.75, 3.05) is 0 Å². The van der Waals surface area contributed by atoms with Gasteiger partial charge in [-0.3, -0.25) is 5.32 Å². The molecule has 2 aliphatic carbocycles. The van der Waals surface area contributed by atoms with Gasteiger partial charge in [0, 0.05) is 12.0 Å². The SMILES string of the molecule is [NH-]C1C=CC(O)=C(Cl)C1C(Cl)NC1C=CC(O)CC1Cl. The number of hydrogen-bond donors (Lipinski definition) is 3. The third-order valence-corrected chi connectivity index (χ3v) is 4.74. The molecule has 0 aromatic rings. The van der Waals surface area contributed by atoms with Crippen LogP contribution in [0.15, 0.2) is 35.1 Å². The maximum absolute atomic E-state index is 9.63. The summed E-state index contributed by atoms with van der Waals surface area (Å²) in [4.78, 5) is 0. The number of nitrogens with one attached hydrogen (secondary N) is 2. The Morgan fingerprint density at radius 1 is 1.35 bits per heavy atom. The summed E-state index contributed by atoms with van der Waals surface area (Å²) in [5, 5.41) is 22.1. The topological polar surface area (TPSA) is 76.3 Å². The molecule has 4 N–H and O–H groups in total. The predicted octanol–water partition coefficient (Wildman–Crippen LogP) is 3.05. The van der Waals surface area contributed by atoms with E-state index in [0.717, 1.165) is 0 Å². The summed E-state index contributed by atoms with van der Waals surface area (Å²) in [6.07, 6.45) is 6.26. The van der Waals surface area contributed by atoms with Gasteiger partial charge in [0.25, 0.3) is 0 Å². The molecule has 0 aliphatic heterocycles. The number of aliphatic hydroxyl groups excluding tert-OH is 2. The van der Waals surface area contributed by atoms with Crippen LogP contribution >= 0.6 is 34.8 Å². The second kappa shape index (κ2) is 6.69. The minimum atomic E-state index is -0.650. The highest BCUT2D eigenvalue weighted by Crippen LogP contribution is 2.34. The van der Waals surface area contributed by atoms with Crippen LogP contribution in [0.1, 0.15) is 6.42 Å². The van der Waals surface area contributed by atoms with Crippen molar-refractivity contribution < 1.29 is 10.2 Å². The van der Waals surface area contributed by atoms with Crippen molar-refractivity contribution in [2.45, 2.75) is 35.5 Å². The quantitative estimate of drug-likeness (QED) is 0.420. The van der Waals surface area contributed by atoms with Crippen LogP contribution in [0.25, 0.3) is 5.73 Å². The van der Waals surface area contributed by atoms with Gasteiger partial charge in [0.05, 0.1) is 22.0 Å². The van der Waals surface area contributed by atoms with Crippen molar-refractivity contribution in [3.63, 3.8) is 0 Å². The molecule has 4 nitrogen and oxygen atoms in total. The fourth-order valence-corrected chi connectivity index (χ4v) is 3.46. The molecule has 0 heterocycles. The van der Waals surface area contributed by atoms with E-state index in [1.807, 2.05) is 0 Å². The van der Waals surface area contributed by atoms with Crippen molar-refractivity contribution >= 4 is 34.8 Å². The van der Waals surface area contributed by atoms with Gasteiger partial charge >= 0.3 is 0 Å². The first kappa shape index (κ1) is 16.1. The highest BCUT2D eigenvalue weighted by Gasteiger charge is 2.32. The first-order valence-corrected chi connectivity index (χ1v) is 7.53. The third-order valence-electron chi connectivity index (χ3n) is 3.45. The van der Waals surface area contributed by atoms with Gasteiger partial charge < -0.3 is 15.9 Å². The normalized spacial score (nSPS) is 39.1. The van der Waals surface area contributed by atoms with Gasteiger partial charge in [-0.15, -0.1) is 29.2 Å². The van der Waals surface area contributed by atoms with Gasteiger partial charge in [-0.25, -0.2) is 0 Å². The lowest BCUT2D eigenvalue weighted by molar-refractivity contribution is 0.198. The monoisotopic (exact) mass is 337 g/mol. The van der Waals surface area contributed by atoms with E-state index in [1.165, 1.54) is 6.08 Å². The molecule has 0 radical (unpaired) electrons. The van der Waals surface area contributed by atoms with E-state index in [9.17, 15) is 10.2 Å². The standard InChI is InChI=1S/C13H16Cl3N2O2/c14-7-5-6(19)1-3-9(7)18-13(16)11-8(17)2-4-10(20)12(11)15/h1-4,6-9,11,13,17-20H,5H2/q-1. The molecule has 0 bridgehead atoms. The fraction of sp³-hybridized carbons (Fsp3) is 0.538. The average Bonchev–Trinajstić information content (AvgIpc) is 2.38. The van der Waals surface area contributed by atoms with Gasteiger partial charge in [0.1, 0.15) is 5.76 Å². The zero-order chi connectivity index (χ0) is 14.9. The lowest BCUT2D eigenvalue weighted by atomic mass is 9.93. The summed E-state index contributed by atoms with van der Waals surface area (Å²) in [5.74, 6) is -0.614. The van der Waals surface area contributed by atoms with E-state index in [0.29, 0.717) is 6.42 Å². The van der Waals surface area contributed by atoms with Crippen molar-refractivity contribution in [3.8, 4) is 0 Å². The van der Waals surface area contributed by atoms with E-state index in [-0.39, 0.29) is 22.2 Å². The maximum Gasteiger partial charge on any atom is 0.130 e. The van der Waals surface area contributed by atoms with E-state index in [4.69, 9.17) is 40.5 Å². The highest BCUT2D eigenvalue weighted by atomic mass is 35.5. The molecular weight excluding hydrogens is 323 g/mol. The van der Waals surface area contributed by atoms with Crippen LogP contribution in [0, 0.1) is 5.92 Å². The Bertz CT molecular complexity index is 453.